The number of nitrogens with zero attached hydrogens (tertiary/aromatic N) is 2. The lowest BCUT2D eigenvalue weighted by atomic mass is 10.1. The van der Waals surface area contributed by atoms with Crippen LogP contribution in [0.2, 0.25) is 0 Å². The number of nitrogens with one attached hydrogen (secondary N) is 1. The smallest absolute Gasteiger partial charge is 0.140 e. The first-order chi connectivity index (χ1) is 8.69. The predicted molar refractivity (Wildman–Crippen MR) is 75.1 cm³/mol. The molecule has 0 radical (unpaired) electrons. The summed E-state index contributed by atoms with van der Waals surface area (Å²) in [6.07, 6.45) is 1.15. The van der Waals surface area contributed by atoms with Crippen LogP contribution in [0.5, 0.6) is 0 Å². The molecule has 1 aliphatic heterocycles. The second-order valence-corrected chi connectivity index (χ2v) is 5.89. The fraction of sp³-hybridized carbons (Fsp3) is 0.692. The molecule has 1 N–H and O–H groups in total. The van der Waals surface area contributed by atoms with Gasteiger partial charge in [-0.05, 0) is 19.9 Å². The van der Waals surface area contributed by atoms with Crippen LogP contribution in [0.3, 0.4) is 0 Å². The number of aryl methyl sites for hydroxylation is 2. The van der Waals surface area contributed by atoms with E-state index in [1.165, 1.54) is 0 Å². The van der Waals surface area contributed by atoms with Crippen LogP contribution >= 0.6 is 11.8 Å². The van der Waals surface area contributed by atoms with Gasteiger partial charge in [0.1, 0.15) is 5.78 Å². The Morgan fingerprint density at radius 3 is 3.17 bits per heavy atom. The first-order valence-corrected chi connectivity index (χ1v) is 7.70. The Balaban J connectivity index is 1.89. The highest BCUT2D eigenvalue weighted by molar-refractivity contribution is 7.99. The second kappa shape index (κ2) is 6.38. The number of hydrogen-bond acceptors (Lipinski definition) is 4. The summed E-state index contributed by atoms with van der Waals surface area (Å²) in [5, 5.41) is 7.78. The summed E-state index contributed by atoms with van der Waals surface area (Å²) in [4.78, 5) is 12.1. The van der Waals surface area contributed by atoms with Crippen molar-refractivity contribution in [3.63, 3.8) is 0 Å². The number of thioether (sulfide) groups is 1. The van der Waals surface area contributed by atoms with E-state index >= 15 is 0 Å². The summed E-state index contributed by atoms with van der Waals surface area (Å²) in [6.45, 7) is 5.88. The number of rotatable bonds is 5. The third-order valence-electron chi connectivity index (χ3n) is 3.14. The molecule has 18 heavy (non-hydrogen) atoms. The lowest BCUT2D eigenvalue weighted by Crippen LogP contribution is -2.39. The quantitative estimate of drug-likeness (QED) is 0.876. The fourth-order valence-corrected chi connectivity index (χ4v) is 3.26. The van der Waals surface area contributed by atoms with Gasteiger partial charge in [-0.1, -0.05) is 0 Å². The van der Waals surface area contributed by atoms with Crippen molar-refractivity contribution in [3.8, 4) is 0 Å². The highest BCUT2D eigenvalue weighted by Crippen LogP contribution is 2.12. The normalized spacial score (nSPS) is 20.0. The molecule has 1 saturated heterocycles. The van der Waals surface area contributed by atoms with Crippen LogP contribution in [-0.2, 0) is 17.8 Å². The first kappa shape index (κ1) is 13.6. The third kappa shape index (κ3) is 3.59. The second-order valence-electron chi connectivity index (χ2n) is 4.74. The number of carbonyl (C=O) groups is 1. The monoisotopic (exact) mass is 267 g/mol. The van der Waals surface area contributed by atoms with Crippen molar-refractivity contribution in [2.75, 3.05) is 18.1 Å². The Labute approximate surface area is 113 Å². The maximum atomic E-state index is 12.1. The lowest BCUT2D eigenvalue weighted by Gasteiger charge is -2.22. The molecule has 1 atom stereocenters. The topological polar surface area (TPSA) is 46.9 Å². The number of carbonyl (C=O) groups excluding carboxylic acids is 1. The van der Waals surface area contributed by atoms with Crippen molar-refractivity contribution in [3.05, 3.63) is 17.5 Å². The molecule has 1 aromatic heterocycles. The zero-order valence-electron chi connectivity index (χ0n) is 11.1. The zero-order chi connectivity index (χ0) is 13.0. The summed E-state index contributed by atoms with van der Waals surface area (Å²) >= 11 is 1.93. The molecule has 1 fully saturated rings. The molecular formula is C13H21N3OS. The van der Waals surface area contributed by atoms with E-state index in [1.807, 2.05) is 29.4 Å². The Kier molecular flexibility index (Phi) is 4.83. The molecule has 0 amide bonds. The highest BCUT2D eigenvalue weighted by Gasteiger charge is 2.18. The molecule has 0 aromatic carbocycles. The van der Waals surface area contributed by atoms with Crippen LogP contribution in [0.15, 0.2) is 6.07 Å². The minimum absolute atomic E-state index is 0.310. The molecule has 2 rings (SSSR count). The van der Waals surface area contributed by atoms with Crippen LogP contribution < -0.4 is 5.32 Å². The minimum Gasteiger partial charge on any atom is -0.312 e. The third-order valence-corrected chi connectivity index (χ3v) is 4.27. The first-order valence-electron chi connectivity index (χ1n) is 6.55. The summed E-state index contributed by atoms with van der Waals surface area (Å²) < 4.78 is 1.93. The molecule has 1 aromatic rings. The molecule has 0 aliphatic carbocycles. The zero-order valence-corrected chi connectivity index (χ0v) is 11.9. The van der Waals surface area contributed by atoms with Crippen molar-refractivity contribution in [2.24, 2.45) is 0 Å². The van der Waals surface area contributed by atoms with E-state index in [2.05, 4.69) is 17.3 Å². The molecule has 5 heteroatoms. The Morgan fingerprint density at radius 1 is 1.67 bits per heavy atom. The predicted octanol–water partition coefficient (Wildman–Crippen LogP) is 1.42. The van der Waals surface area contributed by atoms with Gasteiger partial charge in [-0.3, -0.25) is 9.48 Å². The molecule has 100 valence electrons. The molecule has 0 saturated carbocycles. The molecule has 1 aliphatic rings. The molecule has 0 bridgehead atoms. The molecule has 1 unspecified atom stereocenters. The Morgan fingerprint density at radius 2 is 2.50 bits per heavy atom. The van der Waals surface area contributed by atoms with E-state index in [4.69, 9.17) is 0 Å². The van der Waals surface area contributed by atoms with Gasteiger partial charge < -0.3 is 5.32 Å². The summed E-state index contributed by atoms with van der Waals surface area (Å²) in [5.41, 5.74) is 2.04. The van der Waals surface area contributed by atoms with E-state index in [0.717, 1.165) is 36.0 Å². The maximum Gasteiger partial charge on any atom is 0.140 e. The highest BCUT2D eigenvalue weighted by atomic mass is 32.2. The van der Waals surface area contributed by atoms with E-state index in [-0.39, 0.29) is 0 Å². The average Bonchev–Trinajstić information content (AvgIpc) is 2.70. The average molecular weight is 267 g/mol. The number of aromatic nitrogens is 2. The van der Waals surface area contributed by atoms with Gasteiger partial charge in [0.25, 0.3) is 0 Å². The Bertz CT molecular complexity index is 410. The lowest BCUT2D eigenvalue weighted by molar-refractivity contribution is -0.118. The van der Waals surface area contributed by atoms with Gasteiger partial charge in [0.2, 0.25) is 0 Å². The van der Waals surface area contributed by atoms with Gasteiger partial charge >= 0.3 is 0 Å². The SMILES string of the molecule is CCn1nc(C)cc1CC(=O)CC1CSCCN1. The van der Waals surface area contributed by atoms with Crippen LogP contribution in [0, 0.1) is 6.92 Å². The van der Waals surface area contributed by atoms with Crippen LogP contribution in [0.25, 0.3) is 0 Å². The molecular weight excluding hydrogens is 246 g/mol. The van der Waals surface area contributed by atoms with E-state index in [9.17, 15) is 4.79 Å². The van der Waals surface area contributed by atoms with Crippen LogP contribution in [0.1, 0.15) is 24.7 Å². The summed E-state index contributed by atoms with van der Waals surface area (Å²) in [6, 6.07) is 2.38. The van der Waals surface area contributed by atoms with E-state index in [0.29, 0.717) is 24.7 Å². The Hall–Kier alpha value is -0.810. The van der Waals surface area contributed by atoms with Crippen molar-refractivity contribution in [1.29, 1.82) is 0 Å². The van der Waals surface area contributed by atoms with Gasteiger partial charge in [-0.25, -0.2) is 0 Å². The summed E-state index contributed by atoms with van der Waals surface area (Å²) in [7, 11) is 0. The van der Waals surface area contributed by atoms with Crippen molar-refractivity contribution in [2.45, 2.75) is 39.3 Å². The van der Waals surface area contributed by atoms with Crippen molar-refractivity contribution < 1.29 is 4.79 Å². The number of ketones is 1. The van der Waals surface area contributed by atoms with Gasteiger partial charge in [0.05, 0.1) is 5.69 Å². The maximum absolute atomic E-state index is 12.1. The van der Waals surface area contributed by atoms with Crippen LogP contribution in [0.4, 0.5) is 0 Å². The van der Waals surface area contributed by atoms with Crippen LogP contribution in [-0.4, -0.2) is 39.7 Å². The van der Waals surface area contributed by atoms with Gasteiger partial charge in [-0.15, -0.1) is 0 Å². The number of hydrogen-bond donors (Lipinski definition) is 1. The van der Waals surface area contributed by atoms with Gasteiger partial charge in [0, 0.05) is 49.2 Å². The number of Topliss-reactive ketones (excluding diaryl/α,β-unsaturated/α-hetero) is 1. The van der Waals surface area contributed by atoms with E-state index in [1.54, 1.807) is 0 Å². The van der Waals surface area contributed by atoms with E-state index < -0.39 is 0 Å². The minimum atomic E-state index is 0.310. The van der Waals surface area contributed by atoms with Gasteiger partial charge in [-0.2, -0.15) is 16.9 Å². The summed E-state index contributed by atoms with van der Waals surface area (Å²) in [5.74, 6) is 2.52. The largest absolute Gasteiger partial charge is 0.312 e. The standard InChI is InChI=1S/C13H21N3OS/c1-3-16-12(6-10(2)15-16)8-13(17)7-11-9-18-5-4-14-11/h6,11,14H,3-5,7-9H2,1-2H3. The molecule has 2 heterocycles. The fourth-order valence-electron chi connectivity index (χ4n) is 2.32. The van der Waals surface area contributed by atoms with Gasteiger partial charge in [0.15, 0.2) is 0 Å². The molecule has 0 spiro atoms. The molecule has 4 nitrogen and oxygen atoms in total. The van der Waals surface area contributed by atoms with Crippen molar-refractivity contribution in [1.82, 2.24) is 15.1 Å². The van der Waals surface area contributed by atoms with Crippen molar-refractivity contribution >= 4 is 17.5 Å².